The lowest BCUT2D eigenvalue weighted by Crippen LogP contribution is -2.37. The summed E-state index contributed by atoms with van der Waals surface area (Å²) in [5, 5.41) is 1.66. The van der Waals surface area contributed by atoms with E-state index in [1.807, 2.05) is 0 Å². The molecule has 1 saturated heterocycles. The van der Waals surface area contributed by atoms with Crippen LogP contribution in [0.15, 0.2) is 24.3 Å². The Morgan fingerprint density at radius 2 is 2.08 bits per heavy atom. The van der Waals surface area contributed by atoms with E-state index in [1.165, 1.54) is 12.1 Å². The number of nitrogens with zero attached hydrogens (tertiary/aromatic N) is 1. The fourth-order valence-corrected chi connectivity index (χ4v) is 2.96. The van der Waals surface area contributed by atoms with Crippen LogP contribution in [0.5, 0.6) is 0 Å². The van der Waals surface area contributed by atoms with E-state index in [1.54, 1.807) is 0 Å². The van der Waals surface area contributed by atoms with E-state index in [0.717, 1.165) is 34.9 Å². The van der Waals surface area contributed by atoms with Gasteiger partial charge in [-0.15, -0.1) is 0 Å². The van der Waals surface area contributed by atoms with Crippen LogP contribution in [0.25, 0.3) is 6.08 Å². The monoisotopic (exact) mass is 392 g/mol. The third kappa shape index (κ3) is 5.23. The molecule has 1 aliphatic rings. The van der Waals surface area contributed by atoms with E-state index in [4.69, 9.17) is 11.6 Å². The molecule has 1 aromatic rings. The smallest absolute Gasteiger partial charge is 0.351 e. The summed E-state index contributed by atoms with van der Waals surface area (Å²) < 4.78 is 38.3. The van der Waals surface area contributed by atoms with Crippen LogP contribution in [0, 0.1) is 0 Å². The average molecular weight is 393 g/mol. The lowest BCUT2D eigenvalue weighted by atomic mass is 10.1. The Kier molecular flexibility index (Phi) is 6.12. The van der Waals surface area contributed by atoms with Gasteiger partial charge in [0.15, 0.2) is 0 Å². The maximum Gasteiger partial charge on any atom is 0.417 e. The number of hydrogen-bond donors (Lipinski definition) is 1. The summed E-state index contributed by atoms with van der Waals surface area (Å²) in [6, 6.07) is 3.29. The number of benzene rings is 1. The molecule has 3 amide bonds. The highest BCUT2D eigenvalue weighted by molar-refractivity contribution is 8.14. The minimum absolute atomic E-state index is 0.0451. The zero-order valence-corrected chi connectivity index (χ0v) is 14.2. The second-order valence-corrected chi connectivity index (χ2v) is 6.30. The van der Waals surface area contributed by atoms with Crippen molar-refractivity contribution >= 4 is 46.5 Å². The van der Waals surface area contributed by atoms with Gasteiger partial charge in [0.1, 0.15) is 0 Å². The molecule has 1 N–H and O–H groups in total. The van der Waals surface area contributed by atoms with Crippen molar-refractivity contribution in [2.75, 3.05) is 18.8 Å². The van der Waals surface area contributed by atoms with Crippen molar-refractivity contribution in [3.63, 3.8) is 0 Å². The molecule has 134 valence electrons. The molecule has 0 bridgehead atoms. The molecule has 10 heteroatoms. The van der Waals surface area contributed by atoms with Crippen LogP contribution in [0.2, 0.25) is 5.02 Å². The number of imide groups is 1. The normalized spacial score (nSPS) is 15.3. The lowest BCUT2D eigenvalue weighted by molar-refractivity contribution is -0.137. The average Bonchev–Trinajstić information content (AvgIpc) is 2.85. The van der Waals surface area contributed by atoms with E-state index in [0.29, 0.717) is 0 Å². The summed E-state index contributed by atoms with van der Waals surface area (Å²) in [5.74, 6) is -0.791. The van der Waals surface area contributed by atoms with Gasteiger partial charge in [0, 0.05) is 19.2 Å². The summed E-state index contributed by atoms with van der Waals surface area (Å²) in [7, 11) is 0. The van der Waals surface area contributed by atoms with Gasteiger partial charge in [-0.25, -0.2) is 0 Å². The van der Waals surface area contributed by atoms with E-state index in [2.05, 4.69) is 5.32 Å². The number of carbonyl (C=O) groups is 3. The van der Waals surface area contributed by atoms with Gasteiger partial charge in [-0.1, -0.05) is 29.4 Å². The number of nitrogens with one attached hydrogen (secondary N) is 1. The van der Waals surface area contributed by atoms with Crippen LogP contribution in [0.4, 0.5) is 18.0 Å². The van der Waals surface area contributed by atoms with Crippen LogP contribution in [-0.4, -0.2) is 40.8 Å². The van der Waals surface area contributed by atoms with E-state index >= 15 is 0 Å². The van der Waals surface area contributed by atoms with Gasteiger partial charge < -0.3 is 5.32 Å². The Morgan fingerprint density at radius 3 is 2.68 bits per heavy atom. The largest absolute Gasteiger partial charge is 0.417 e. The lowest BCUT2D eigenvalue weighted by Gasteiger charge is -2.12. The fraction of sp³-hybridized carbons (Fsp3) is 0.267. The van der Waals surface area contributed by atoms with E-state index in [9.17, 15) is 27.6 Å². The summed E-state index contributed by atoms with van der Waals surface area (Å²) in [6.45, 7) is 0.0963. The van der Waals surface area contributed by atoms with Crippen LogP contribution in [0.1, 0.15) is 11.1 Å². The SMILES string of the molecule is O=C(/C=C/c1ccc(Cl)c(C(F)(F)F)c1)NCCN1C(=O)CSC1=O. The molecule has 25 heavy (non-hydrogen) atoms. The molecule has 0 unspecified atom stereocenters. The summed E-state index contributed by atoms with van der Waals surface area (Å²) in [5.41, 5.74) is -0.826. The van der Waals surface area contributed by atoms with Gasteiger partial charge in [-0.05, 0) is 23.8 Å². The maximum atomic E-state index is 12.8. The minimum atomic E-state index is -4.59. The topological polar surface area (TPSA) is 66.5 Å². The molecule has 1 aromatic carbocycles. The quantitative estimate of drug-likeness (QED) is 0.781. The van der Waals surface area contributed by atoms with Crippen molar-refractivity contribution in [3.8, 4) is 0 Å². The molecule has 1 fully saturated rings. The number of halogens is 4. The molecule has 0 atom stereocenters. The molecular formula is C15H12ClF3N2O3S. The van der Waals surface area contributed by atoms with Crippen molar-refractivity contribution in [3.05, 3.63) is 40.4 Å². The molecule has 0 radical (unpaired) electrons. The highest BCUT2D eigenvalue weighted by Gasteiger charge is 2.33. The van der Waals surface area contributed by atoms with Gasteiger partial charge in [-0.2, -0.15) is 13.2 Å². The zero-order chi connectivity index (χ0) is 18.6. The molecule has 5 nitrogen and oxygen atoms in total. The highest BCUT2D eigenvalue weighted by atomic mass is 35.5. The van der Waals surface area contributed by atoms with Crippen LogP contribution >= 0.6 is 23.4 Å². The van der Waals surface area contributed by atoms with Crippen molar-refractivity contribution < 1.29 is 27.6 Å². The Hall–Kier alpha value is -2.00. The first-order valence-electron chi connectivity index (χ1n) is 6.98. The first-order valence-corrected chi connectivity index (χ1v) is 8.34. The number of alkyl halides is 3. The predicted octanol–water partition coefficient (Wildman–Crippen LogP) is 3.18. The number of rotatable bonds is 5. The van der Waals surface area contributed by atoms with Crippen molar-refractivity contribution in [2.24, 2.45) is 0 Å². The van der Waals surface area contributed by atoms with Crippen molar-refractivity contribution in [1.82, 2.24) is 10.2 Å². The second-order valence-electron chi connectivity index (χ2n) is 4.96. The molecule has 0 aromatic heterocycles. The van der Waals surface area contributed by atoms with Gasteiger partial charge in [0.05, 0.1) is 16.3 Å². The minimum Gasteiger partial charge on any atom is -0.351 e. The van der Waals surface area contributed by atoms with Crippen LogP contribution < -0.4 is 5.32 Å². The summed E-state index contributed by atoms with van der Waals surface area (Å²) in [6.07, 6.45) is -2.31. The fourth-order valence-electron chi connectivity index (χ4n) is 1.98. The third-order valence-electron chi connectivity index (χ3n) is 3.20. The van der Waals surface area contributed by atoms with Crippen LogP contribution in [0.3, 0.4) is 0 Å². The Balaban J connectivity index is 1.90. The first-order chi connectivity index (χ1) is 11.7. The van der Waals surface area contributed by atoms with Gasteiger partial charge in [-0.3, -0.25) is 19.3 Å². The Labute approximate surface area is 150 Å². The van der Waals surface area contributed by atoms with Crippen molar-refractivity contribution in [2.45, 2.75) is 6.18 Å². The van der Waals surface area contributed by atoms with Crippen LogP contribution in [-0.2, 0) is 15.8 Å². The van der Waals surface area contributed by atoms with E-state index < -0.39 is 22.7 Å². The number of thioether (sulfide) groups is 1. The zero-order valence-electron chi connectivity index (χ0n) is 12.6. The highest BCUT2D eigenvalue weighted by Crippen LogP contribution is 2.35. The molecule has 0 aliphatic carbocycles. The Bertz CT molecular complexity index is 721. The molecule has 1 aliphatic heterocycles. The summed E-state index contributed by atoms with van der Waals surface area (Å²) in [4.78, 5) is 35.4. The summed E-state index contributed by atoms with van der Waals surface area (Å²) >= 11 is 6.41. The van der Waals surface area contributed by atoms with E-state index in [-0.39, 0.29) is 35.6 Å². The number of hydrogen-bond acceptors (Lipinski definition) is 4. The predicted molar refractivity (Wildman–Crippen MR) is 88.1 cm³/mol. The molecule has 1 heterocycles. The van der Waals surface area contributed by atoms with Gasteiger partial charge in [0.25, 0.3) is 5.24 Å². The molecule has 0 saturated carbocycles. The molecular weight excluding hydrogens is 381 g/mol. The second kappa shape index (κ2) is 7.92. The molecule has 2 rings (SSSR count). The van der Waals surface area contributed by atoms with Gasteiger partial charge >= 0.3 is 6.18 Å². The van der Waals surface area contributed by atoms with Crippen molar-refractivity contribution in [1.29, 1.82) is 0 Å². The third-order valence-corrected chi connectivity index (χ3v) is 4.39. The first kappa shape index (κ1) is 19.3. The number of carbonyl (C=O) groups excluding carboxylic acids is 3. The van der Waals surface area contributed by atoms with Gasteiger partial charge in [0.2, 0.25) is 11.8 Å². The molecule has 0 spiro atoms. The standard InChI is InChI=1S/C15H12ClF3N2O3S/c16-11-3-1-9(7-10(11)15(17,18)19)2-4-12(22)20-5-6-21-13(23)8-25-14(21)24/h1-4,7H,5-6,8H2,(H,20,22)/b4-2+. The Morgan fingerprint density at radius 1 is 1.36 bits per heavy atom. The maximum absolute atomic E-state index is 12.8. The number of amides is 3.